The molecule has 1 spiro atoms. The highest BCUT2D eigenvalue weighted by Crippen LogP contribution is 2.42. The van der Waals surface area contributed by atoms with Crippen LogP contribution in [0.15, 0.2) is 4.99 Å². The van der Waals surface area contributed by atoms with E-state index in [-0.39, 0.29) is 11.9 Å². The van der Waals surface area contributed by atoms with E-state index in [9.17, 15) is 4.79 Å². The quantitative estimate of drug-likeness (QED) is 0.429. The van der Waals surface area contributed by atoms with Crippen molar-refractivity contribution >= 4 is 23.6 Å². The summed E-state index contributed by atoms with van der Waals surface area (Å²) in [5, 5.41) is 3.60. The van der Waals surface area contributed by atoms with Crippen molar-refractivity contribution < 1.29 is 4.79 Å². The van der Waals surface area contributed by atoms with Gasteiger partial charge in [0, 0.05) is 57.8 Å². The standard InChI is InChI=1S/C21H39N5OS/c1-22-20(26-15-16-28-21(17-26)10-5-4-6-11-21)23-12-8-14-25-13-7-9-18(25)19(27)24(2)3/h18H,4-17H2,1-3H3,(H,22,23). The summed E-state index contributed by atoms with van der Waals surface area (Å²) in [5.41, 5.74) is 0. The Bertz CT molecular complexity index is 541. The average molecular weight is 410 g/mol. The number of amides is 1. The Labute approximate surface area is 175 Å². The number of thioether (sulfide) groups is 1. The molecule has 0 aromatic rings. The highest BCUT2D eigenvalue weighted by Gasteiger charge is 2.38. The second kappa shape index (κ2) is 10.2. The Morgan fingerprint density at radius 3 is 2.71 bits per heavy atom. The van der Waals surface area contributed by atoms with E-state index >= 15 is 0 Å². The zero-order valence-corrected chi connectivity index (χ0v) is 18.9. The van der Waals surface area contributed by atoms with Crippen molar-refractivity contribution in [2.24, 2.45) is 4.99 Å². The van der Waals surface area contributed by atoms with Gasteiger partial charge in [-0.1, -0.05) is 19.3 Å². The van der Waals surface area contributed by atoms with E-state index in [1.54, 1.807) is 4.90 Å². The molecule has 0 aromatic carbocycles. The number of rotatable bonds is 5. The fraction of sp³-hybridized carbons (Fsp3) is 0.905. The first-order valence-corrected chi connectivity index (χ1v) is 12.1. The lowest BCUT2D eigenvalue weighted by molar-refractivity contribution is -0.133. The lowest BCUT2D eigenvalue weighted by Gasteiger charge is -2.45. The van der Waals surface area contributed by atoms with Crippen molar-refractivity contribution in [3.05, 3.63) is 0 Å². The van der Waals surface area contributed by atoms with Crippen LogP contribution in [0.3, 0.4) is 0 Å². The van der Waals surface area contributed by atoms with Crippen LogP contribution in [0.5, 0.6) is 0 Å². The molecule has 3 rings (SSSR count). The summed E-state index contributed by atoms with van der Waals surface area (Å²) in [4.78, 5) is 23.5. The van der Waals surface area contributed by atoms with Crippen LogP contribution in [-0.2, 0) is 4.79 Å². The summed E-state index contributed by atoms with van der Waals surface area (Å²) in [7, 11) is 5.63. The summed E-state index contributed by atoms with van der Waals surface area (Å²) < 4.78 is 0.462. The van der Waals surface area contributed by atoms with E-state index in [1.807, 2.05) is 21.1 Å². The molecule has 1 N–H and O–H groups in total. The number of aliphatic imine (C=N–C) groups is 1. The molecule has 0 radical (unpaired) electrons. The molecule has 1 amide bonds. The topological polar surface area (TPSA) is 51.2 Å². The molecule has 1 aliphatic carbocycles. The molecule has 2 heterocycles. The van der Waals surface area contributed by atoms with Crippen molar-refractivity contribution in [2.75, 3.05) is 59.6 Å². The van der Waals surface area contributed by atoms with Crippen molar-refractivity contribution in [1.29, 1.82) is 0 Å². The second-order valence-electron chi connectivity index (χ2n) is 8.77. The molecule has 1 saturated carbocycles. The van der Waals surface area contributed by atoms with Crippen LogP contribution in [0.2, 0.25) is 0 Å². The van der Waals surface area contributed by atoms with Crippen LogP contribution in [0.4, 0.5) is 0 Å². The number of nitrogens with one attached hydrogen (secondary N) is 1. The van der Waals surface area contributed by atoms with E-state index in [4.69, 9.17) is 0 Å². The predicted molar refractivity (Wildman–Crippen MR) is 119 cm³/mol. The predicted octanol–water partition coefficient (Wildman–Crippen LogP) is 2.26. The van der Waals surface area contributed by atoms with E-state index < -0.39 is 0 Å². The number of nitrogens with zero attached hydrogens (tertiary/aromatic N) is 4. The van der Waals surface area contributed by atoms with Gasteiger partial charge in [0.1, 0.15) is 0 Å². The first kappa shape index (κ1) is 21.8. The van der Waals surface area contributed by atoms with Crippen LogP contribution in [0.1, 0.15) is 51.4 Å². The smallest absolute Gasteiger partial charge is 0.239 e. The number of hydrogen-bond acceptors (Lipinski definition) is 4. The van der Waals surface area contributed by atoms with Gasteiger partial charge in [-0.05, 0) is 38.6 Å². The molecule has 28 heavy (non-hydrogen) atoms. The normalized spacial score (nSPS) is 25.9. The molecular weight excluding hydrogens is 370 g/mol. The monoisotopic (exact) mass is 409 g/mol. The van der Waals surface area contributed by atoms with Gasteiger partial charge >= 0.3 is 0 Å². The number of carbonyl (C=O) groups is 1. The highest BCUT2D eigenvalue weighted by molar-refractivity contribution is 8.00. The summed E-state index contributed by atoms with van der Waals surface area (Å²) in [6, 6.07) is 0.0830. The number of likely N-dealkylation sites (N-methyl/N-ethyl adjacent to an activating group) is 1. The van der Waals surface area contributed by atoms with Gasteiger partial charge in [0.25, 0.3) is 0 Å². The second-order valence-corrected chi connectivity index (χ2v) is 10.3. The molecule has 6 nitrogen and oxygen atoms in total. The van der Waals surface area contributed by atoms with Crippen LogP contribution >= 0.6 is 11.8 Å². The van der Waals surface area contributed by atoms with Crippen molar-refractivity contribution in [3.8, 4) is 0 Å². The number of hydrogen-bond donors (Lipinski definition) is 1. The number of carbonyl (C=O) groups excluding carboxylic acids is 1. The van der Waals surface area contributed by atoms with Crippen molar-refractivity contribution in [3.63, 3.8) is 0 Å². The largest absolute Gasteiger partial charge is 0.356 e. The zero-order valence-electron chi connectivity index (χ0n) is 18.1. The van der Waals surface area contributed by atoms with E-state index in [0.29, 0.717) is 4.75 Å². The maximum absolute atomic E-state index is 12.3. The molecule has 2 saturated heterocycles. The van der Waals surface area contributed by atoms with Crippen molar-refractivity contribution in [1.82, 2.24) is 20.0 Å². The highest BCUT2D eigenvalue weighted by atomic mass is 32.2. The van der Waals surface area contributed by atoms with Crippen LogP contribution in [0.25, 0.3) is 0 Å². The van der Waals surface area contributed by atoms with E-state index in [2.05, 4.69) is 31.9 Å². The van der Waals surface area contributed by atoms with Gasteiger partial charge < -0.3 is 15.1 Å². The van der Waals surface area contributed by atoms with Gasteiger partial charge in [-0.3, -0.25) is 14.7 Å². The fourth-order valence-corrected chi connectivity index (χ4v) is 6.58. The molecule has 3 aliphatic rings. The molecule has 1 unspecified atom stereocenters. The average Bonchev–Trinajstić information content (AvgIpc) is 3.16. The Kier molecular flexibility index (Phi) is 7.92. The summed E-state index contributed by atoms with van der Waals surface area (Å²) in [5.74, 6) is 2.53. The molecule has 7 heteroatoms. The van der Waals surface area contributed by atoms with Gasteiger partial charge in [-0.2, -0.15) is 11.8 Å². The molecule has 1 atom stereocenters. The Hall–Kier alpha value is -0.950. The van der Waals surface area contributed by atoms with Crippen LogP contribution in [0, 0.1) is 0 Å². The molecule has 0 aromatic heterocycles. The summed E-state index contributed by atoms with van der Waals surface area (Å²) >= 11 is 2.20. The van der Waals surface area contributed by atoms with Gasteiger partial charge in [-0.15, -0.1) is 0 Å². The minimum Gasteiger partial charge on any atom is -0.356 e. The van der Waals surface area contributed by atoms with E-state index in [0.717, 1.165) is 57.9 Å². The third-order valence-electron chi connectivity index (χ3n) is 6.52. The Balaban J connectivity index is 1.44. The van der Waals surface area contributed by atoms with Crippen molar-refractivity contribution in [2.45, 2.75) is 62.2 Å². The maximum atomic E-state index is 12.3. The maximum Gasteiger partial charge on any atom is 0.239 e. The van der Waals surface area contributed by atoms with Gasteiger partial charge in [0.05, 0.1) is 6.04 Å². The minimum atomic E-state index is 0.0830. The number of likely N-dealkylation sites (tertiary alicyclic amines) is 1. The molecule has 2 aliphatic heterocycles. The lowest BCUT2D eigenvalue weighted by atomic mass is 9.87. The molecule has 0 bridgehead atoms. The van der Waals surface area contributed by atoms with Crippen LogP contribution < -0.4 is 5.32 Å². The zero-order chi connectivity index (χ0) is 20.0. The molecule has 3 fully saturated rings. The summed E-state index contributed by atoms with van der Waals surface area (Å²) in [6.45, 7) is 5.18. The van der Waals surface area contributed by atoms with Gasteiger partial charge in [0.2, 0.25) is 5.91 Å². The lowest BCUT2D eigenvalue weighted by Crippen LogP contribution is -2.53. The first-order chi connectivity index (χ1) is 13.5. The SMILES string of the molecule is CN=C(NCCCN1CCCC1C(=O)N(C)C)N1CCSC2(CCCCC2)C1. The Morgan fingerprint density at radius 2 is 2.00 bits per heavy atom. The molecular formula is C21H39N5OS. The first-order valence-electron chi connectivity index (χ1n) is 11.1. The minimum absolute atomic E-state index is 0.0830. The van der Waals surface area contributed by atoms with E-state index in [1.165, 1.54) is 37.9 Å². The molecule has 160 valence electrons. The third kappa shape index (κ3) is 5.35. The Morgan fingerprint density at radius 1 is 1.21 bits per heavy atom. The number of guanidine groups is 1. The fourth-order valence-electron chi connectivity index (χ4n) is 5.01. The van der Waals surface area contributed by atoms with Gasteiger partial charge in [-0.25, -0.2) is 0 Å². The van der Waals surface area contributed by atoms with Gasteiger partial charge in [0.15, 0.2) is 5.96 Å². The summed E-state index contributed by atoms with van der Waals surface area (Å²) in [6.07, 6.45) is 10.1. The van der Waals surface area contributed by atoms with Crippen LogP contribution in [-0.4, -0.2) is 97.0 Å². The third-order valence-corrected chi connectivity index (χ3v) is 8.06.